The number of hydrogen-bond acceptors (Lipinski definition) is 5. The van der Waals surface area contributed by atoms with Gasteiger partial charge in [0.15, 0.2) is 5.58 Å². The Bertz CT molecular complexity index is 904. The van der Waals surface area contributed by atoms with Crippen LogP contribution in [0.1, 0.15) is 12.8 Å². The predicted octanol–water partition coefficient (Wildman–Crippen LogP) is 2.19. The minimum Gasteiger partial charge on any atom is -0.423 e. The average Bonchev–Trinajstić information content (AvgIpc) is 3.15. The van der Waals surface area contributed by atoms with Crippen molar-refractivity contribution in [1.82, 2.24) is 14.8 Å². The summed E-state index contributed by atoms with van der Waals surface area (Å²) in [6.07, 6.45) is 3.51. The number of aromatic nitrogens is 3. The van der Waals surface area contributed by atoms with Gasteiger partial charge in [-0.1, -0.05) is 0 Å². The van der Waals surface area contributed by atoms with Gasteiger partial charge in [0.05, 0.1) is 12.6 Å². The van der Waals surface area contributed by atoms with Crippen molar-refractivity contribution in [3.8, 4) is 0 Å². The SMILES string of the molecule is O=c1cccnn1CC1CCCN1c1nc2cc(F)ccc2o1. The average molecular weight is 314 g/mol. The number of anilines is 1. The Hall–Kier alpha value is -2.70. The van der Waals surface area contributed by atoms with Gasteiger partial charge in [-0.2, -0.15) is 10.1 Å². The molecule has 1 aliphatic rings. The summed E-state index contributed by atoms with van der Waals surface area (Å²) in [5.74, 6) is -0.338. The number of halogens is 1. The van der Waals surface area contributed by atoms with Crippen LogP contribution >= 0.6 is 0 Å². The third-order valence-electron chi connectivity index (χ3n) is 4.13. The topological polar surface area (TPSA) is 64.2 Å². The van der Waals surface area contributed by atoms with E-state index in [0.717, 1.165) is 19.4 Å². The fourth-order valence-electron chi connectivity index (χ4n) is 3.01. The molecule has 7 heteroatoms. The molecule has 0 spiro atoms. The zero-order chi connectivity index (χ0) is 15.8. The second-order valence-electron chi connectivity index (χ2n) is 5.64. The number of hydrogen-bond donors (Lipinski definition) is 0. The molecule has 0 amide bonds. The molecule has 0 saturated carbocycles. The lowest BCUT2D eigenvalue weighted by molar-refractivity contribution is 0.465. The van der Waals surface area contributed by atoms with Crippen LogP contribution in [0.3, 0.4) is 0 Å². The largest absolute Gasteiger partial charge is 0.423 e. The van der Waals surface area contributed by atoms with Crippen LogP contribution in [0.15, 0.2) is 45.7 Å². The Morgan fingerprint density at radius 1 is 1.35 bits per heavy atom. The predicted molar refractivity (Wildman–Crippen MR) is 82.8 cm³/mol. The fourth-order valence-corrected chi connectivity index (χ4v) is 3.01. The Kier molecular flexibility index (Phi) is 3.33. The van der Waals surface area contributed by atoms with Crippen LogP contribution in [0.2, 0.25) is 0 Å². The van der Waals surface area contributed by atoms with Gasteiger partial charge in [0.1, 0.15) is 11.3 Å². The molecule has 1 atom stereocenters. The van der Waals surface area contributed by atoms with E-state index < -0.39 is 0 Å². The Morgan fingerprint density at radius 2 is 2.26 bits per heavy atom. The molecular weight excluding hydrogens is 299 g/mol. The number of nitrogens with zero attached hydrogens (tertiary/aromatic N) is 4. The van der Waals surface area contributed by atoms with E-state index in [1.807, 2.05) is 4.90 Å². The molecule has 3 heterocycles. The first-order chi connectivity index (χ1) is 11.2. The van der Waals surface area contributed by atoms with Crippen molar-refractivity contribution >= 4 is 17.1 Å². The molecule has 4 rings (SSSR count). The molecule has 1 fully saturated rings. The highest BCUT2D eigenvalue weighted by molar-refractivity contribution is 5.74. The summed E-state index contributed by atoms with van der Waals surface area (Å²) < 4.78 is 20.5. The van der Waals surface area contributed by atoms with Crippen molar-refractivity contribution in [1.29, 1.82) is 0 Å². The second-order valence-corrected chi connectivity index (χ2v) is 5.64. The molecule has 1 aliphatic heterocycles. The molecule has 118 valence electrons. The van der Waals surface area contributed by atoms with Gasteiger partial charge in [0.2, 0.25) is 0 Å². The van der Waals surface area contributed by atoms with Crippen LogP contribution in [-0.2, 0) is 6.54 Å². The molecular formula is C16H15FN4O2. The monoisotopic (exact) mass is 314 g/mol. The van der Waals surface area contributed by atoms with E-state index >= 15 is 0 Å². The lowest BCUT2D eigenvalue weighted by Gasteiger charge is -2.22. The van der Waals surface area contributed by atoms with Crippen molar-refractivity contribution in [3.05, 3.63) is 52.7 Å². The van der Waals surface area contributed by atoms with E-state index in [1.165, 1.54) is 22.9 Å². The molecule has 23 heavy (non-hydrogen) atoms. The smallest absolute Gasteiger partial charge is 0.298 e. The minimum absolute atomic E-state index is 0.0838. The lowest BCUT2D eigenvalue weighted by atomic mass is 10.2. The highest BCUT2D eigenvalue weighted by Gasteiger charge is 2.29. The van der Waals surface area contributed by atoms with Gasteiger partial charge in [0.25, 0.3) is 11.6 Å². The van der Waals surface area contributed by atoms with Gasteiger partial charge in [-0.05, 0) is 31.0 Å². The standard InChI is InChI=1S/C16H15FN4O2/c17-11-5-6-14-13(9-11)19-16(23-14)20-8-2-3-12(20)10-21-15(22)4-1-7-18-21/h1,4-7,9,12H,2-3,8,10H2. The molecule has 3 aromatic rings. The van der Waals surface area contributed by atoms with E-state index in [9.17, 15) is 9.18 Å². The van der Waals surface area contributed by atoms with Crippen LogP contribution in [0.5, 0.6) is 0 Å². The Morgan fingerprint density at radius 3 is 3.13 bits per heavy atom. The summed E-state index contributed by atoms with van der Waals surface area (Å²) in [6.45, 7) is 1.27. The minimum atomic E-state index is -0.338. The highest BCUT2D eigenvalue weighted by Crippen LogP contribution is 2.29. The van der Waals surface area contributed by atoms with Gasteiger partial charge in [0, 0.05) is 24.9 Å². The highest BCUT2D eigenvalue weighted by atomic mass is 19.1. The molecule has 0 bridgehead atoms. The molecule has 1 saturated heterocycles. The maximum atomic E-state index is 13.3. The molecule has 1 unspecified atom stereocenters. The van der Waals surface area contributed by atoms with Crippen molar-refractivity contribution in [2.45, 2.75) is 25.4 Å². The Balaban J connectivity index is 1.64. The summed E-state index contributed by atoms with van der Waals surface area (Å²) >= 11 is 0. The first-order valence-corrected chi connectivity index (χ1v) is 7.55. The van der Waals surface area contributed by atoms with E-state index in [2.05, 4.69) is 10.1 Å². The molecule has 2 aromatic heterocycles. The van der Waals surface area contributed by atoms with Gasteiger partial charge < -0.3 is 9.32 Å². The van der Waals surface area contributed by atoms with Crippen LogP contribution < -0.4 is 10.5 Å². The molecule has 0 aliphatic carbocycles. The molecule has 6 nitrogen and oxygen atoms in total. The van der Waals surface area contributed by atoms with Crippen LogP contribution in [0, 0.1) is 5.82 Å². The molecule has 1 aromatic carbocycles. The van der Waals surface area contributed by atoms with Gasteiger partial charge in [-0.15, -0.1) is 0 Å². The number of fused-ring (bicyclic) bond motifs is 1. The van der Waals surface area contributed by atoms with E-state index in [1.54, 1.807) is 18.3 Å². The van der Waals surface area contributed by atoms with Gasteiger partial charge >= 0.3 is 0 Å². The molecule has 0 radical (unpaired) electrons. The van der Waals surface area contributed by atoms with Crippen LogP contribution in [0.4, 0.5) is 10.4 Å². The number of benzene rings is 1. The summed E-state index contributed by atoms with van der Waals surface area (Å²) in [6, 6.07) is 7.96. The van der Waals surface area contributed by atoms with Crippen LogP contribution in [-0.4, -0.2) is 27.4 Å². The Labute approximate surface area is 131 Å². The van der Waals surface area contributed by atoms with Crippen molar-refractivity contribution in [3.63, 3.8) is 0 Å². The van der Waals surface area contributed by atoms with Crippen molar-refractivity contribution in [2.24, 2.45) is 0 Å². The van der Waals surface area contributed by atoms with Gasteiger partial charge in [-0.3, -0.25) is 4.79 Å². The van der Waals surface area contributed by atoms with Crippen molar-refractivity contribution in [2.75, 3.05) is 11.4 Å². The maximum Gasteiger partial charge on any atom is 0.298 e. The first-order valence-electron chi connectivity index (χ1n) is 7.55. The summed E-state index contributed by atoms with van der Waals surface area (Å²) in [7, 11) is 0. The first kappa shape index (κ1) is 13.9. The number of oxazole rings is 1. The zero-order valence-electron chi connectivity index (χ0n) is 12.4. The van der Waals surface area contributed by atoms with Gasteiger partial charge in [-0.25, -0.2) is 9.07 Å². The summed E-state index contributed by atoms with van der Waals surface area (Å²) in [5, 5.41) is 4.10. The normalized spacial score (nSPS) is 18.0. The maximum absolute atomic E-state index is 13.3. The third kappa shape index (κ3) is 2.58. The molecule has 0 N–H and O–H groups in total. The zero-order valence-corrected chi connectivity index (χ0v) is 12.4. The second kappa shape index (κ2) is 5.49. The summed E-state index contributed by atoms with van der Waals surface area (Å²) in [5.41, 5.74) is 0.932. The number of rotatable bonds is 3. The van der Waals surface area contributed by atoms with E-state index in [0.29, 0.717) is 23.7 Å². The van der Waals surface area contributed by atoms with Crippen LogP contribution in [0.25, 0.3) is 11.1 Å². The van der Waals surface area contributed by atoms with E-state index in [-0.39, 0.29) is 17.4 Å². The third-order valence-corrected chi connectivity index (χ3v) is 4.13. The van der Waals surface area contributed by atoms with Crippen molar-refractivity contribution < 1.29 is 8.81 Å². The quantitative estimate of drug-likeness (QED) is 0.741. The fraction of sp³-hybridized carbons (Fsp3) is 0.312. The van der Waals surface area contributed by atoms with E-state index in [4.69, 9.17) is 4.42 Å². The summed E-state index contributed by atoms with van der Waals surface area (Å²) in [4.78, 5) is 18.2. The lowest BCUT2D eigenvalue weighted by Crippen LogP contribution is -2.37.